The van der Waals surface area contributed by atoms with E-state index in [1.54, 1.807) is 20.8 Å². The molecule has 11 atom stereocenters. The Morgan fingerprint density at radius 2 is 0.752 bits per heavy atom. The van der Waals surface area contributed by atoms with Crippen molar-refractivity contribution in [3.05, 3.63) is 214 Å². The maximum atomic E-state index is 13.2. The lowest BCUT2D eigenvalue weighted by atomic mass is 10.0. The first-order valence-corrected chi connectivity index (χ1v) is 38.5. The number of hydrogen-bond acceptors (Lipinski definition) is 18. The second-order valence-electron chi connectivity index (χ2n) is 28.1. The molecule has 6 fully saturated rings. The number of nitrogens with two attached hydrogens (primary N) is 1. The Kier molecular flexibility index (Phi) is 36.0. The molecule has 6 saturated heterocycles. The molecule has 5 amide bonds. The van der Waals surface area contributed by atoms with Crippen LogP contribution in [0.2, 0.25) is 0 Å². The Bertz CT molecular complexity index is 3640. The van der Waals surface area contributed by atoms with E-state index in [2.05, 4.69) is 43.2 Å². The number of carbonyl (C=O) groups excluding carboxylic acids is 9. The van der Waals surface area contributed by atoms with E-state index in [-0.39, 0.29) is 121 Å². The number of benzene rings is 6. The van der Waals surface area contributed by atoms with E-state index in [1.807, 2.05) is 172 Å². The van der Waals surface area contributed by atoms with Gasteiger partial charge in [-0.2, -0.15) is 0 Å². The Labute approximate surface area is 641 Å². The smallest absolute Gasteiger partial charge is 0.308 e. The van der Waals surface area contributed by atoms with Crippen LogP contribution >= 0.6 is 0 Å². The van der Waals surface area contributed by atoms with Crippen molar-refractivity contribution in [3.63, 3.8) is 0 Å². The highest BCUT2D eigenvalue weighted by molar-refractivity contribution is 5.97. The lowest BCUT2D eigenvalue weighted by molar-refractivity contribution is -0.145. The van der Waals surface area contributed by atoms with E-state index in [4.69, 9.17) is 38.9 Å². The number of fused-ring (bicyclic) bond motifs is 1. The third-order valence-electron chi connectivity index (χ3n) is 20.2. The predicted molar refractivity (Wildman–Crippen MR) is 413 cm³/mol. The Morgan fingerprint density at radius 1 is 0.431 bits per heavy atom. The molecule has 0 radical (unpaired) electrons. The molecule has 6 aromatic rings. The number of rotatable bonds is 28. The minimum atomic E-state index is -0.363. The summed E-state index contributed by atoms with van der Waals surface area (Å²) in [4.78, 5) is 112. The topological polar surface area (TPSA) is 299 Å². The van der Waals surface area contributed by atoms with Crippen LogP contribution in [0, 0.1) is 49.4 Å². The predicted octanol–water partition coefficient (Wildman–Crippen LogP) is 10.4. The molecule has 0 bridgehead atoms. The van der Waals surface area contributed by atoms with Crippen molar-refractivity contribution < 1.29 is 76.3 Å². The van der Waals surface area contributed by atoms with Gasteiger partial charge in [0.25, 0.3) is 5.91 Å². The second kappa shape index (κ2) is 46.1. The molecule has 0 aliphatic carbocycles. The number of amides is 5. The molecule has 0 saturated carbocycles. The zero-order chi connectivity index (χ0) is 77.7. The van der Waals surface area contributed by atoms with Crippen LogP contribution in [0.4, 0.5) is 0 Å². The van der Waals surface area contributed by atoms with Gasteiger partial charge in [-0.05, 0) is 118 Å². The minimum Gasteiger partial charge on any atom is -0.466 e. The Morgan fingerprint density at radius 3 is 1.09 bits per heavy atom. The van der Waals surface area contributed by atoms with Crippen LogP contribution in [0.3, 0.4) is 0 Å². The van der Waals surface area contributed by atoms with Gasteiger partial charge in [-0.25, -0.2) is 0 Å². The third kappa shape index (κ3) is 27.8. The summed E-state index contributed by atoms with van der Waals surface area (Å²) in [6.45, 7) is 19.6. The SMILES string of the molecule is CCOC(=O)C[C@@H](NC(=O)C1CCOC1)c1ccccc1.CCOC(=O)C[C@H](N)c1ccccc1.CCOC(=O)C[C@H](NC(=O)C1CCOC1)c1ccccc1.Cc1cccc(C)c1C(=O)N1CC2CN(CC[C@H](NC(=O)C3CCOC3)c3ccccc3)CC2C1.O=CC[C@H](NC(=O)C1CCOC1)c1ccccc1. The van der Waals surface area contributed by atoms with Crippen molar-refractivity contribution in [1.82, 2.24) is 31.1 Å². The van der Waals surface area contributed by atoms with Crippen LogP contribution in [-0.2, 0) is 71.5 Å². The van der Waals surface area contributed by atoms with Gasteiger partial charge in [0.05, 0.1) is 113 Å². The van der Waals surface area contributed by atoms with Gasteiger partial charge in [-0.3, -0.25) is 38.4 Å². The molecule has 6 aromatic carbocycles. The quantitative estimate of drug-likeness (QED) is 0.0173. The van der Waals surface area contributed by atoms with Gasteiger partial charge in [0, 0.05) is 77.2 Å². The van der Waals surface area contributed by atoms with E-state index in [0.717, 1.165) is 116 Å². The summed E-state index contributed by atoms with van der Waals surface area (Å²) in [6, 6.07) is 53.2. The van der Waals surface area contributed by atoms with Gasteiger partial charge < -0.3 is 74.8 Å². The number of aldehydes is 1. The molecular formula is C86H111N7O16. The third-order valence-corrected chi connectivity index (χ3v) is 20.2. The second-order valence-corrected chi connectivity index (χ2v) is 28.1. The van der Waals surface area contributed by atoms with Gasteiger partial charge in [0.15, 0.2) is 0 Å². The number of nitrogens with one attached hydrogen (secondary N) is 4. The van der Waals surface area contributed by atoms with Crippen molar-refractivity contribution in [2.75, 3.05) is 105 Å². The van der Waals surface area contributed by atoms with Crippen LogP contribution in [0.15, 0.2) is 170 Å². The lowest BCUT2D eigenvalue weighted by Crippen LogP contribution is -2.37. The first-order valence-electron chi connectivity index (χ1n) is 38.5. The molecule has 23 heteroatoms. The minimum absolute atomic E-state index is 0.00634. The van der Waals surface area contributed by atoms with Crippen LogP contribution in [0.1, 0.15) is 158 Å². The molecular weight excluding hydrogens is 1390 g/mol. The number of nitrogens with zero attached hydrogens (tertiary/aromatic N) is 2. The monoisotopic (exact) mass is 1500 g/mol. The summed E-state index contributed by atoms with van der Waals surface area (Å²) in [5, 5.41) is 12.1. The number of likely N-dealkylation sites (tertiary alicyclic amines) is 2. The van der Waals surface area contributed by atoms with Crippen LogP contribution < -0.4 is 27.0 Å². The first kappa shape index (κ1) is 85.1. The highest BCUT2D eigenvalue weighted by atomic mass is 16.5. The fourth-order valence-electron chi connectivity index (χ4n) is 14.1. The summed E-state index contributed by atoms with van der Waals surface area (Å²) < 4.78 is 35.9. The molecule has 12 rings (SSSR count). The number of aryl methyl sites for hydroxylation is 2. The zero-order valence-corrected chi connectivity index (χ0v) is 63.8. The molecule has 0 aromatic heterocycles. The maximum Gasteiger partial charge on any atom is 0.308 e. The maximum absolute atomic E-state index is 13.2. The number of ether oxygens (including phenoxy) is 7. The van der Waals surface area contributed by atoms with Gasteiger partial charge in [-0.1, -0.05) is 170 Å². The van der Waals surface area contributed by atoms with Gasteiger partial charge in [-0.15, -0.1) is 0 Å². The summed E-state index contributed by atoms with van der Waals surface area (Å²) in [7, 11) is 0. The molecule has 109 heavy (non-hydrogen) atoms. The highest BCUT2D eigenvalue weighted by Crippen LogP contribution is 2.34. The van der Waals surface area contributed by atoms with Gasteiger partial charge in [0.2, 0.25) is 23.6 Å². The average Bonchev–Trinajstić information content (AvgIpc) is 1.62. The summed E-state index contributed by atoms with van der Waals surface area (Å²) in [5.74, 6) is -0.0357. The zero-order valence-electron chi connectivity index (χ0n) is 63.8. The van der Waals surface area contributed by atoms with Crippen molar-refractivity contribution in [1.29, 1.82) is 0 Å². The largest absolute Gasteiger partial charge is 0.466 e. The molecule has 0 spiro atoms. The van der Waals surface area contributed by atoms with Crippen LogP contribution in [0.5, 0.6) is 0 Å². The van der Waals surface area contributed by atoms with Crippen LogP contribution in [-0.4, -0.2) is 169 Å². The first-order chi connectivity index (χ1) is 52.9. The molecule has 6 aliphatic heterocycles. The van der Waals surface area contributed by atoms with Crippen molar-refractivity contribution in [3.8, 4) is 0 Å². The van der Waals surface area contributed by atoms with Crippen molar-refractivity contribution in [2.24, 2.45) is 41.2 Å². The normalized spacial score (nSPS) is 20.3. The van der Waals surface area contributed by atoms with Gasteiger partial charge in [0.1, 0.15) is 6.29 Å². The number of hydrogen-bond donors (Lipinski definition) is 5. The lowest BCUT2D eigenvalue weighted by Gasteiger charge is -2.26. The van der Waals surface area contributed by atoms with E-state index in [9.17, 15) is 43.2 Å². The molecule has 6 heterocycles. The van der Waals surface area contributed by atoms with Crippen LogP contribution in [0.25, 0.3) is 0 Å². The van der Waals surface area contributed by atoms with E-state index in [0.29, 0.717) is 90.9 Å². The molecule has 6 unspecified atom stereocenters. The number of carbonyl (C=O) groups is 9. The summed E-state index contributed by atoms with van der Waals surface area (Å²) >= 11 is 0. The fourth-order valence-corrected chi connectivity index (χ4v) is 14.1. The van der Waals surface area contributed by atoms with Crippen molar-refractivity contribution in [2.45, 2.75) is 123 Å². The van der Waals surface area contributed by atoms with E-state index < -0.39 is 0 Å². The number of esters is 3. The highest BCUT2D eigenvalue weighted by Gasteiger charge is 2.42. The molecule has 23 nitrogen and oxygen atoms in total. The average molecular weight is 1500 g/mol. The van der Waals surface area contributed by atoms with Gasteiger partial charge >= 0.3 is 17.9 Å². The van der Waals surface area contributed by atoms with Crippen molar-refractivity contribution >= 4 is 53.7 Å². The Hall–Kier alpha value is -9.49. The van der Waals surface area contributed by atoms with E-state index in [1.165, 1.54) is 0 Å². The summed E-state index contributed by atoms with van der Waals surface area (Å²) in [6.07, 6.45) is 5.54. The standard InChI is InChI=1S/C29H37N3O3.2C16H21NO4.C14H17NO3.C11H15NO2/c1-20-7-6-8-21(2)27(20)29(34)32-17-24-15-31(16-25(24)18-32)13-11-26(22-9-4-3-5-10-22)30-28(33)23-12-14-35-19-23;2*1-2-21-15(18)10-14(12-6-4-3-5-7-12)17-16(19)13-8-9-20-11-13;16-8-6-13(11-4-2-1-3-5-11)15-14(17)12-7-9-18-10-12;1-2-14-11(13)8-10(12)9-6-4-3-5-7-9/h3-10,23-26H,11-19H2,1-2H3,(H,30,33);2*3-7,13-14H,2,8-11H2,1H3,(H,17,19);1-5,8,12-13H,6-7,9-10H2,(H,15,17);3-7,10H,2,8,12H2,1H3/t23?,24?,25?,26-;2*13?,14-;12?,13-;10-/m01000/s1. The fraction of sp³-hybridized carbons (Fsp3) is 0.477. The summed E-state index contributed by atoms with van der Waals surface area (Å²) in [5.41, 5.74) is 13.7. The molecule has 586 valence electrons. The van der Waals surface area contributed by atoms with E-state index >= 15 is 0 Å². The molecule has 6 N–H and O–H groups in total. The Balaban J connectivity index is 0.000000178. The molecule has 6 aliphatic rings.